The van der Waals surface area contributed by atoms with Gasteiger partial charge >= 0.3 is 0 Å². The van der Waals surface area contributed by atoms with Crippen LogP contribution in [0.4, 0.5) is 0 Å². The standard InChI is InChI=1S/C16H22O2/c1-11-4-7-14(16(18-3)12(11)2)10-13-5-8-15(17)9-6-13/h4,7,13H,5-6,8-10H2,1-3H3. The third-order valence-electron chi connectivity index (χ3n) is 4.13. The topological polar surface area (TPSA) is 26.3 Å². The number of benzene rings is 1. The fourth-order valence-electron chi connectivity index (χ4n) is 2.81. The first-order chi connectivity index (χ1) is 8.61. The van der Waals surface area contributed by atoms with E-state index in [1.165, 1.54) is 16.7 Å². The first-order valence-corrected chi connectivity index (χ1v) is 6.76. The highest BCUT2D eigenvalue weighted by Crippen LogP contribution is 2.32. The van der Waals surface area contributed by atoms with Gasteiger partial charge in [-0.25, -0.2) is 0 Å². The molecule has 1 aromatic rings. The molecule has 1 aliphatic rings. The summed E-state index contributed by atoms with van der Waals surface area (Å²) in [5.41, 5.74) is 3.80. The van der Waals surface area contributed by atoms with Gasteiger partial charge in [-0.2, -0.15) is 0 Å². The van der Waals surface area contributed by atoms with E-state index >= 15 is 0 Å². The minimum Gasteiger partial charge on any atom is -0.496 e. The molecule has 2 rings (SSSR count). The summed E-state index contributed by atoms with van der Waals surface area (Å²) in [5.74, 6) is 2.10. The van der Waals surface area contributed by atoms with Crippen LogP contribution in [0, 0.1) is 19.8 Å². The van der Waals surface area contributed by atoms with Crippen LogP contribution in [0.1, 0.15) is 42.4 Å². The van der Waals surface area contributed by atoms with Crippen molar-refractivity contribution in [1.29, 1.82) is 0 Å². The molecule has 1 aliphatic carbocycles. The van der Waals surface area contributed by atoms with Gasteiger partial charge in [-0.05, 0) is 55.7 Å². The Kier molecular flexibility index (Phi) is 4.05. The lowest BCUT2D eigenvalue weighted by molar-refractivity contribution is -0.121. The number of carbonyl (C=O) groups excluding carboxylic acids is 1. The Balaban J connectivity index is 2.14. The van der Waals surface area contributed by atoms with E-state index < -0.39 is 0 Å². The van der Waals surface area contributed by atoms with E-state index in [1.54, 1.807) is 7.11 Å². The molecule has 1 fully saturated rings. The van der Waals surface area contributed by atoms with Gasteiger partial charge in [0.1, 0.15) is 11.5 Å². The van der Waals surface area contributed by atoms with Gasteiger partial charge in [0.2, 0.25) is 0 Å². The normalized spacial score (nSPS) is 16.9. The van der Waals surface area contributed by atoms with Crippen LogP contribution in [0.15, 0.2) is 12.1 Å². The number of hydrogen-bond acceptors (Lipinski definition) is 2. The van der Waals surface area contributed by atoms with E-state index in [4.69, 9.17) is 4.74 Å². The third-order valence-corrected chi connectivity index (χ3v) is 4.13. The zero-order valence-electron chi connectivity index (χ0n) is 11.6. The third kappa shape index (κ3) is 2.74. The number of rotatable bonds is 3. The first-order valence-electron chi connectivity index (χ1n) is 6.76. The number of hydrogen-bond donors (Lipinski definition) is 0. The highest BCUT2D eigenvalue weighted by Gasteiger charge is 2.20. The summed E-state index contributed by atoms with van der Waals surface area (Å²) < 4.78 is 5.55. The van der Waals surface area contributed by atoms with Crippen LogP contribution in [0.2, 0.25) is 0 Å². The summed E-state index contributed by atoms with van der Waals surface area (Å²) >= 11 is 0. The predicted octanol–water partition coefficient (Wildman–Crippen LogP) is 3.61. The number of aryl methyl sites for hydroxylation is 1. The van der Waals surface area contributed by atoms with Crippen molar-refractivity contribution in [3.05, 3.63) is 28.8 Å². The summed E-state index contributed by atoms with van der Waals surface area (Å²) in [6.07, 6.45) is 4.64. The molecule has 0 amide bonds. The molecule has 0 radical (unpaired) electrons. The highest BCUT2D eigenvalue weighted by atomic mass is 16.5. The molecule has 98 valence electrons. The van der Waals surface area contributed by atoms with Gasteiger partial charge < -0.3 is 4.74 Å². The van der Waals surface area contributed by atoms with Gasteiger partial charge in [0.25, 0.3) is 0 Å². The van der Waals surface area contributed by atoms with Gasteiger partial charge in [-0.1, -0.05) is 12.1 Å². The molecule has 0 N–H and O–H groups in total. The quantitative estimate of drug-likeness (QED) is 0.814. The number of methoxy groups -OCH3 is 1. The second kappa shape index (κ2) is 5.55. The molecular weight excluding hydrogens is 224 g/mol. The summed E-state index contributed by atoms with van der Waals surface area (Å²) in [5, 5.41) is 0. The van der Waals surface area contributed by atoms with Crippen LogP contribution in [0.5, 0.6) is 5.75 Å². The maximum Gasteiger partial charge on any atom is 0.132 e. The fraction of sp³-hybridized carbons (Fsp3) is 0.562. The van der Waals surface area contributed by atoms with Crippen LogP contribution >= 0.6 is 0 Å². The Morgan fingerprint density at radius 2 is 1.89 bits per heavy atom. The average Bonchev–Trinajstić information content (AvgIpc) is 2.37. The van der Waals surface area contributed by atoms with E-state index in [-0.39, 0.29) is 0 Å². The summed E-state index contributed by atoms with van der Waals surface area (Å²) in [7, 11) is 1.75. The first kappa shape index (κ1) is 13.1. The molecule has 1 aromatic carbocycles. The summed E-state index contributed by atoms with van der Waals surface area (Å²) in [6, 6.07) is 4.35. The number of Topliss-reactive ketones (excluding diaryl/α,β-unsaturated/α-hetero) is 1. The lowest BCUT2D eigenvalue weighted by Gasteiger charge is -2.22. The maximum absolute atomic E-state index is 11.3. The van der Waals surface area contributed by atoms with Crippen molar-refractivity contribution in [2.24, 2.45) is 5.92 Å². The molecule has 18 heavy (non-hydrogen) atoms. The summed E-state index contributed by atoms with van der Waals surface area (Å²) in [6.45, 7) is 4.23. The van der Waals surface area contributed by atoms with Gasteiger partial charge in [0.15, 0.2) is 0 Å². The predicted molar refractivity (Wildman–Crippen MR) is 73.1 cm³/mol. The lowest BCUT2D eigenvalue weighted by Crippen LogP contribution is -2.16. The molecule has 1 saturated carbocycles. The van der Waals surface area contributed by atoms with E-state index in [1.807, 2.05) is 0 Å². The smallest absolute Gasteiger partial charge is 0.132 e. The van der Waals surface area contributed by atoms with Crippen LogP contribution < -0.4 is 4.74 Å². The summed E-state index contributed by atoms with van der Waals surface area (Å²) in [4.78, 5) is 11.3. The van der Waals surface area contributed by atoms with Crippen molar-refractivity contribution in [2.45, 2.75) is 46.0 Å². The Bertz CT molecular complexity index is 439. The Labute approximate surface area is 109 Å². The molecular formula is C16H22O2. The minimum atomic E-state index is 0.429. The Morgan fingerprint density at radius 1 is 1.22 bits per heavy atom. The number of ketones is 1. The van der Waals surface area contributed by atoms with E-state index in [0.717, 1.165) is 37.9 Å². The van der Waals surface area contributed by atoms with Gasteiger partial charge in [-0.15, -0.1) is 0 Å². The fourth-order valence-corrected chi connectivity index (χ4v) is 2.81. The van der Waals surface area contributed by atoms with E-state index in [0.29, 0.717) is 11.7 Å². The Morgan fingerprint density at radius 3 is 2.50 bits per heavy atom. The van der Waals surface area contributed by atoms with E-state index in [9.17, 15) is 4.79 Å². The largest absolute Gasteiger partial charge is 0.496 e. The molecule has 0 heterocycles. The zero-order valence-corrected chi connectivity index (χ0v) is 11.6. The maximum atomic E-state index is 11.3. The van der Waals surface area contributed by atoms with Crippen molar-refractivity contribution >= 4 is 5.78 Å². The molecule has 0 bridgehead atoms. The second-order valence-electron chi connectivity index (χ2n) is 5.39. The Hall–Kier alpha value is -1.31. The van der Waals surface area contributed by atoms with Crippen molar-refractivity contribution in [3.8, 4) is 5.75 Å². The van der Waals surface area contributed by atoms with Crippen molar-refractivity contribution in [3.63, 3.8) is 0 Å². The van der Waals surface area contributed by atoms with Crippen LogP contribution in [0.3, 0.4) is 0 Å². The van der Waals surface area contributed by atoms with Crippen LogP contribution in [-0.4, -0.2) is 12.9 Å². The number of ether oxygens (including phenoxy) is 1. The molecule has 0 unspecified atom stereocenters. The average molecular weight is 246 g/mol. The second-order valence-corrected chi connectivity index (χ2v) is 5.39. The monoisotopic (exact) mass is 246 g/mol. The van der Waals surface area contributed by atoms with Crippen molar-refractivity contribution < 1.29 is 9.53 Å². The zero-order chi connectivity index (χ0) is 13.1. The van der Waals surface area contributed by atoms with Crippen LogP contribution in [0.25, 0.3) is 0 Å². The SMILES string of the molecule is COc1c(CC2CCC(=O)CC2)ccc(C)c1C. The lowest BCUT2D eigenvalue weighted by atomic mass is 9.83. The van der Waals surface area contributed by atoms with Gasteiger partial charge in [-0.3, -0.25) is 4.79 Å². The molecule has 0 aliphatic heterocycles. The van der Waals surface area contributed by atoms with Crippen molar-refractivity contribution in [1.82, 2.24) is 0 Å². The number of carbonyl (C=O) groups is 1. The molecule has 0 aromatic heterocycles. The van der Waals surface area contributed by atoms with Gasteiger partial charge in [0, 0.05) is 12.8 Å². The molecule has 0 spiro atoms. The van der Waals surface area contributed by atoms with E-state index in [2.05, 4.69) is 26.0 Å². The molecule has 0 atom stereocenters. The molecule has 0 saturated heterocycles. The van der Waals surface area contributed by atoms with Crippen LogP contribution in [-0.2, 0) is 11.2 Å². The van der Waals surface area contributed by atoms with Gasteiger partial charge in [0.05, 0.1) is 7.11 Å². The minimum absolute atomic E-state index is 0.429. The van der Waals surface area contributed by atoms with Crippen molar-refractivity contribution in [2.75, 3.05) is 7.11 Å². The highest BCUT2D eigenvalue weighted by molar-refractivity contribution is 5.79. The molecule has 2 nitrogen and oxygen atoms in total. The molecule has 2 heteroatoms.